The lowest BCUT2D eigenvalue weighted by atomic mass is 10.1. The average Bonchev–Trinajstić information content (AvgIpc) is 2.35. The molecule has 0 saturated heterocycles. The molecule has 0 spiro atoms. The number of nitro benzene ring substituents is 1. The van der Waals surface area contributed by atoms with Crippen LogP contribution in [0, 0.1) is 17.0 Å². The lowest BCUT2D eigenvalue weighted by Crippen LogP contribution is -1.99. The Hall–Kier alpha value is -2.50. The van der Waals surface area contributed by atoms with E-state index in [0.717, 1.165) is 5.56 Å². The first-order valence-corrected chi connectivity index (χ1v) is 5.73. The van der Waals surface area contributed by atoms with Crippen molar-refractivity contribution < 1.29 is 14.8 Å². The van der Waals surface area contributed by atoms with E-state index in [1.807, 2.05) is 0 Å². The van der Waals surface area contributed by atoms with Gasteiger partial charge in [-0.25, -0.2) is 4.98 Å². The summed E-state index contributed by atoms with van der Waals surface area (Å²) >= 11 is 0. The Morgan fingerprint density at radius 1 is 1.47 bits per heavy atom. The molecule has 0 aliphatic carbocycles. The minimum atomic E-state index is -0.880. The van der Waals surface area contributed by atoms with Gasteiger partial charge in [0, 0.05) is 23.6 Å². The number of pyridine rings is 1. The van der Waals surface area contributed by atoms with Crippen LogP contribution in [-0.4, -0.2) is 21.0 Å². The van der Waals surface area contributed by atoms with Gasteiger partial charge in [0.05, 0.1) is 4.92 Å². The second kappa shape index (κ2) is 5.01. The van der Waals surface area contributed by atoms with Gasteiger partial charge in [0.15, 0.2) is 0 Å². The van der Waals surface area contributed by atoms with Crippen LogP contribution in [0.2, 0.25) is 0 Å². The molecule has 0 atom stereocenters. The largest absolute Gasteiger partial charge is 0.481 e. The summed E-state index contributed by atoms with van der Waals surface area (Å²) in [6, 6.07) is 5.18. The Balaban J connectivity index is 2.48. The maximum atomic E-state index is 11.0. The van der Waals surface area contributed by atoms with Crippen LogP contribution in [0.25, 0.3) is 10.9 Å². The highest BCUT2D eigenvalue weighted by Gasteiger charge is 2.17. The number of hydrogen-bond donors (Lipinski definition) is 1. The molecule has 2 aromatic rings. The predicted octanol–water partition coefficient (Wildman–Crippen LogP) is 2.47. The summed E-state index contributed by atoms with van der Waals surface area (Å²) in [6.45, 7) is 1.66. The summed E-state index contributed by atoms with van der Waals surface area (Å²) in [5.41, 5.74) is 1.66. The first-order valence-electron chi connectivity index (χ1n) is 5.73. The second-order valence-electron chi connectivity index (χ2n) is 4.30. The van der Waals surface area contributed by atoms with Crippen LogP contribution in [-0.2, 0) is 11.2 Å². The summed E-state index contributed by atoms with van der Waals surface area (Å²) < 4.78 is 0. The standard InChI is InChI=1S/C13H12N2O4/c1-8-2-4-10-6-9(3-5-11(16)17)7-14-12(10)13(8)15(18)19/h2,4,6-7H,3,5H2,1H3,(H,16,17). The van der Waals surface area contributed by atoms with Gasteiger partial charge in [-0.15, -0.1) is 0 Å². The van der Waals surface area contributed by atoms with Gasteiger partial charge in [-0.2, -0.15) is 0 Å². The van der Waals surface area contributed by atoms with Crippen LogP contribution in [0.5, 0.6) is 0 Å². The summed E-state index contributed by atoms with van der Waals surface area (Å²) in [4.78, 5) is 25.2. The van der Waals surface area contributed by atoms with Gasteiger partial charge in [0.25, 0.3) is 5.69 Å². The molecule has 98 valence electrons. The van der Waals surface area contributed by atoms with Crippen molar-refractivity contribution in [1.29, 1.82) is 0 Å². The van der Waals surface area contributed by atoms with Gasteiger partial charge < -0.3 is 5.11 Å². The SMILES string of the molecule is Cc1ccc2cc(CCC(=O)O)cnc2c1[N+](=O)[O-]. The van der Waals surface area contributed by atoms with E-state index in [2.05, 4.69) is 4.98 Å². The lowest BCUT2D eigenvalue weighted by Gasteiger charge is -2.04. The molecule has 0 saturated carbocycles. The van der Waals surface area contributed by atoms with Gasteiger partial charge in [-0.3, -0.25) is 14.9 Å². The van der Waals surface area contributed by atoms with Gasteiger partial charge in [-0.05, 0) is 25.0 Å². The van der Waals surface area contributed by atoms with Crippen molar-refractivity contribution in [3.05, 3.63) is 45.6 Å². The van der Waals surface area contributed by atoms with Gasteiger partial charge >= 0.3 is 5.97 Å². The number of carboxylic acids is 1. The van der Waals surface area contributed by atoms with E-state index in [-0.39, 0.29) is 12.1 Å². The van der Waals surface area contributed by atoms with Crippen LogP contribution in [0.4, 0.5) is 5.69 Å². The van der Waals surface area contributed by atoms with Crippen molar-refractivity contribution in [3.63, 3.8) is 0 Å². The molecule has 19 heavy (non-hydrogen) atoms. The van der Waals surface area contributed by atoms with Crippen LogP contribution >= 0.6 is 0 Å². The number of aromatic nitrogens is 1. The molecule has 2 rings (SSSR count). The van der Waals surface area contributed by atoms with E-state index in [1.54, 1.807) is 25.1 Å². The Morgan fingerprint density at radius 3 is 2.84 bits per heavy atom. The summed E-state index contributed by atoms with van der Waals surface area (Å²) in [7, 11) is 0. The molecule has 0 fully saturated rings. The number of hydrogen-bond acceptors (Lipinski definition) is 4. The minimum Gasteiger partial charge on any atom is -0.481 e. The topological polar surface area (TPSA) is 93.3 Å². The Morgan fingerprint density at radius 2 is 2.21 bits per heavy atom. The van der Waals surface area contributed by atoms with Crippen LogP contribution in [0.15, 0.2) is 24.4 Å². The second-order valence-corrected chi connectivity index (χ2v) is 4.30. The van der Waals surface area contributed by atoms with E-state index in [4.69, 9.17) is 5.11 Å². The monoisotopic (exact) mass is 260 g/mol. The van der Waals surface area contributed by atoms with E-state index < -0.39 is 10.9 Å². The van der Waals surface area contributed by atoms with Crippen molar-refractivity contribution in [2.45, 2.75) is 19.8 Å². The van der Waals surface area contributed by atoms with Crippen molar-refractivity contribution in [1.82, 2.24) is 4.98 Å². The zero-order valence-electron chi connectivity index (χ0n) is 10.3. The van der Waals surface area contributed by atoms with Crippen molar-refractivity contribution >= 4 is 22.6 Å². The van der Waals surface area contributed by atoms with Crippen LogP contribution in [0.3, 0.4) is 0 Å². The molecule has 1 heterocycles. The third-order valence-corrected chi connectivity index (χ3v) is 2.89. The number of rotatable bonds is 4. The fourth-order valence-corrected chi connectivity index (χ4v) is 1.95. The number of nitro groups is 1. The number of aryl methyl sites for hydroxylation is 2. The average molecular weight is 260 g/mol. The molecule has 6 heteroatoms. The maximum absolute atomic E-state index is 11.0. The highest BCUT2D eigenvalue weighted by atomic mass is 16.6. The summed E-state index contributed by atoms with van der Waals surface area (Å²) in [5, 5.41) is 20.3. The first kappa shape index (κ1) is 12.9. The number of fused-ring (bicyclic) bond motifs is 1. The third-order valence-electron chi connectivity index (χ3n) is 2.89. The third kappa shape index (κ3) is 2.67. The lowest BCUT2D eigenvalue weighted by molar-refractivity contribution is -0.383. The molecule has 0 amide bonds. The Bertz CT molecular complexity index is 667. The quantitative estimate of drug-likeness (QED) is 0.673. The number of aliphatic carboxylic acids is 1. The fraction of sp³-hybridized carbons (Fsp3) is 0.231. The van der Waals surface area contributed by atoms with E-state index >= 15 is 0 Å². The maximum Gasteiger partial charge on any atom is 0.303 e. The molecule has 1 N–H and O–H groups in total. The normalized spacial score (nSPS) is 10.6. The van der Waals surface area contributed by atoms with E-state index in [1.165, 1.54) is 6.20 Å². The number of carbonyl (C=O) groups is 1. The molecular weight excluding hydrogens is 248 g/mol. The molecule has 0 aliphatic heterocycles. The van der Waals surface area contributed by atoms with E-state index in [0.29, 0.717) is 22.9 Å². The van der Waals surface area contributed by atoms with Gasteiger partial charge in [0.1, 0.15) is 5.52 Å². The highest BCUT2D eigenvalue weighted by molar-refractivity contribution is 5.88. The molecular formula is C13H12N2O4. The zero-order valence-corrected chi connectivity index (χ0v) is 10.3. The molecule has 6 nitrogen and oxygen atoms in total. The molecule has 0 radical (unpaired) electrons. The minimum absolute atomic E-state index is 0.00212. The molecule has 0 unspecified atom stereocenters. The molecule has 0 bridgehead atoms. The van der Waals surface area contributed by atoms with E-state index in [9.17, 15) is 14.9 Å². The molecule has 0 aliphatic rings. The Labute approximate surface area is 108 Å². The summed E-state index contributed by atoms with van der Waals surface area (Å²) in [5.74, 6) is -0.880. The number of benzene rings is 1. The van der Waals surface area contributed by atoms with Gasteiger partial charge in [-0.1, -0.05) is 12.1 Å². The molecule has 1 aromatic carbocycles. The number of nitrogens with zero attached hydrogens (tertiary/aromatic N) is 2. The molecule has 1 aromatic heterocycles. The highest BCUT2D eigenvalue weighted by Crippen LogP contribution is 2.27. The predicted molar refractivity (Wildman–Crippen MR) is 69.1 cm³/mol. The Kier molecular flexibility index (Phi) is 3.41. The van der Waals surface area contributed by atoms with Crippen molar-refractivity contribution in [2.75, 3.05) is 0 Å². The smallest absolute Gasteiger partial charge is 0.303 e. The van der Waals surface area contributed by atoms with Crippen LogP contribution < -0.4 is 0 Å². The first-order chi connectivity index (χ1) is 8.99. The van der Waals surface area contributed by atoms with Crippen molar-refractivity contribution in [2.24, 2.45) is 0 Å². The zero-order chi connectivity index (χ0) is 14.0. The van der Waals surface area contributed by atoms with Crippen LogP contribution in [0.1, 0.15) is 17.5 Å². The number of carboxylic acid groups (broad SMARTS) is 1. The fourth-order valence-electron chi connectivity index (χ4n) is 1.95. The summed E-state index contributed by atoms with van der Waals surface area (Å²) in [6.07, 6.45) is 1.87. The van der Waals surface area contributed by atoms with Crippen molar-refractivity contribution in [3.8, 4) is 0 Å². The van der Waals surface area contributed by atoms with Gasteiger partial charge in [0.2, 0.25) is 0 Å².